The number of aromatic hydroxyl groups is 1. The first-order valence-corrected chi connectivity index (χ1v) is 8.63. The molecule has 0 spiro atoms. The number of phenols is 1. The van der Waals surface area contributed by atoms with Crippen LogP contribution in [0.3, 0.4) is 0 Å². The van der Waals surface area contributed by atoms with Crippen molar-refractivity contribution in [3.8, 4) is 5.75 Å². The summed E-state index contributed by atoms with van der Waals surface area (Å²) in [6, 6.07) is 3.87. The standard InChI is InChI=1S/C16H22Cl2N2O2.2ClH/c17-13-2-1-12(16(21)14(13)18)15(11-3-9-22-10-4-11)20-7-5-19-6-8-20;;/h1-2,11,15,19,21H,3-10H2;2*1H/t15-;;/m1../s1. The molecule has 0 bridgehead atoms. The van der Waals surface area contributed by atoms with Crippen molar-refractivity contribution in [2.75, 3.05) is 39.4 Å². The van der Waals surface area contributed by atoms with Crippen molar-refractivity contribution in [1.82, 2.24) is 10.2 Å². The minimum Gasteiger partial charge on any atom is -0.506 e. The highest BCUT2D eigenvalue weighted by Gasteiger charge is 2.33. The molecule has 0 amide bonds. The second-order valence-corrected chi connectivity index (χ2v) is 6.76. The van der Waals surface area contributed by atoms with Crippen molar-refractivity contribution in [3.05, 3.63) is 27.7 Å². The number of hydrogen-bond donors (Lipinski definition) is 2. The zero-order valence-electron chi connectivity index (χ0n) is 13.3. The summed E-state index contributed by atoms with van der Waals surface area (Å²) in [6.45, 7) is 5.47. The van der Waals surface area contributed by atoms with Gasteiger partial charge in [0.2, 0.25) is 0 Å². The maximum absolute atomic E-state index is 10.5. The van der Waals surface area contributed by atoms with Crippen LogP contribution in [-0.4, -0.2) is 49.4 Å². The van der Waals surface area contributed by atoms with Gasteiger partial charge in [-0.2, -0.15) is 0 Å². The summed E-state index contributed by atoms with van der Waals surface area (Å²) in [5.74, 6) is 0.596. The van der Waals surface area contributed by atoms with Gasteiger partial charge in [0.05, 0.1) is 5.02 Å². The van der Waals surface area contributed by atoms with Crippen molar-refractivity contribution >= 4 is 48.0 Å². The van der Waals surface area contributed by atoms with E-state index in [0.29, 0.717) is 10.9 Å². The van der Waals surface area contributed by atoms with Gasteiger partial charge in [-0.3, -0.25) is 4.90 Å². The van der Waals surface area contributed by atoms with Gasteiger partial charge in [0.25, 0.3) is 0 Å². The number of piperazine rings is 1. The maximum atomic E-state index is 10.5. The van der Waals surface area contributed by atoms with Gasteiger partial charge in [0.1, 0.15) is 10.8 Å². The van der Waals surface area contributed by atoms with Crippen LogP contribution in [0.2, 0.25) is 10.0 Å². The molecule has 3 rings (SSSR count). The van der Waals surface area contributed by atoms with Crippen LogP contribution in [0.5, 0.6) is 5.75 Å². The molecule has 0 aromatic heterocycles. The molecule has 2 saturated heterocycles. The average molecular weight is 418 g/mol. The van der Waals surface area contributed by atoms with Crippen LogP contribution in [0.1, 0.15) is 24.4 Å². The normalized spacial score (nSPS) is 20.8. The molecular weight excluding hydrogens is 394 g/mol. The van der Waals surface area contributed by atoms with Crippen LogP contribution >= 0.6 is 48.0 Å². The van der Waals surface area contributed by atoms with E-state index in [1.165, 1.54) is 0 Å². The fourth-order valence-electron chi connectivity index (χ4n) is 3.53. The van der Waals surface area contributed by atoms with E-state index in [1.807, 2.05) is 6.07 Å². The van der Waals surface area contributed by atoms with E-state index in [9.17, 15) is 5.11 Å². The number of hydrogen-bond acceptors (Lipinski definition) is 4. The third kappa shape index (κ3) is 4.82. The molecular formula is C16H24Cl4N2O2. The van der Waals surface area contributed by atoms with Gasteiger partial charge >= 0.3 is 0 Å². The molecule has 1 aromatic rings. The highest BCUT2D eigenvalue weighted by atomic mass is 35.5. The largest absolute Gasteiger partial charge is 0.506 e. The average Bonchev–Trinajstić information content (AvgIpc) is 2.57. The van der Waals surface area contributed by atoms with Crippen LogP contribution in [-0.2, 0) is 4.74 Å². The number of rotatable bonds is 3. The predicted octanol–water partition coefficient (Wildman–Crippen LogP) is 3.92. The molecule has 24 heavy (non-hydrogen) atoms. The summed E-state index contributed by atoms with van der Waals surface area (Å²) in [5, 5.41) is 14.6. The third-order valence-corrected chi connectivity index (χ3v) is 5.47. The van der Waals surface area contributed by atoms with E-state index in [-0.39, 0.29) is 41.6 Å². The van der Waals surface area contributed by atoms with Gasteiger partial charge in [-0.05, 0) is 24.8 Å². The lowest BCUT2D eigenvalue weighted by Crippen LogP contribution is -2.47. The van der Waals surface area contributed by atoms with Crippen molar-refractivity contribution in [1.29, 1.82) is 0 Å². The van der Waals surface area contributed by atoms with Crippen molar-refractivity contribution in [2.24, 2.45) is 5.92 Å². The fourth-order valence-corrected chi connectivity index (χ4v) is 3.86. The maximum Gasteiger partial charge on any atom is 0.140 e. The molecule has 138 valence electrons. The number of halogens is 4. The van der Waals surface area contributed by atoms with Gasteiger partial charge in [0, 0.05) is 51.0 Å². The lowest BCUT2D eigenvalue weighted by Gasteiger charge is -2.41. The van der Waals surface area contributed by atoms with E-state index in [2.05, 4.69) is 10.2 Å². The molecule has 8 heteroatoms. The molecule has 2 aliphatic rings. The van der Waals surface area contributed by atoms with E-state index < -0.39 is 0 Å². The Labute approximate surface area is 165 Å². The van der Waals surface area contributed by atoms with Crippen LogP contribution in [0.25, 0.3) is 0 Å². The predicted molar refractivity (Wildman–Crippen MR) is 103 cm³/mol. The second kappa shape index (κ2) is 10.3. The van der Waals surface area contributed by atoms with Crippen LogP contribution in [0, 0.1) is 5.92 Å². The second-order valence-electron chi connectivity index (χ2n) is 5.98. The monoisotopic (exact) mass is 416 g/mol. The summed E-state index contributed by atoms with van der Waals surface area (Å²) in [7, 11) is 0. The van der Waals surface area contributed by atoms with Gasteiger partial charge in [-0.15, -0.1) is 24.8 Å². The molecule has 0 unspecified atom stereocenters. The summed E-state index contributed by atoms with van der Waals surface area (Å²) in [4.78, 5) is 2.45. The third-order valence-electron chi connectivity index (χ3n) is 4.68. The van der Waals surface area contributed by atoms with Crippen molar-refractivity contribution in [3.63, 3.8) is 0 Å². The first-order valence-electron chi connectivity index (χ1n) is 7.88. The quantitative estimate of drug-likeness (QED) is 0.782. The molecule has 2 fully saturated rings. The molecule has 1 atom stereocenters. The van der Waals surface area contributed by atoms with E-state index in [1.54, 1.807) is 6.07 Å². The Hall–Kier alpha value is 0.0600. The highest BCUT2D eigenvalue weighted by Crippen LogP contribution is 2.43. The Balaban J connectivity index is 0.00000144. The smallest absolute Gasteiger partial charge is 0.140 e. The fraction of sp³-hybridized carbons (Fsp3) is 0.625. The van der Waals surface area contributed by atoms with Crippen molar-refractivity contribution < 1.29 is 9.84 Å². The molecule has 0 aliphatic carbocycles. The lowest BCUT2D eigenvalue weighted by molar-refractivity contribution is 0.0206. The number of phenolic OH excluding ortho intramolecular Hbond substituents is 1. The van der Waals surface area contributed by atoms with Gasteiger partial charge in [-0.1, -0.05) is 29.3 Å². The van der Waals surface area contributed by atoms with E-state index in [0.717, 1.165) is 57.8 Å². The molecule has 0 radical (unpaired) electrons. The molecule has 2 N–H and O–H groups in total. The van der Waals surface area contributed by atoms with Gasteiger partial charge in [0.15, 0.2) is 0 Å². The minimum absolute atomic E-state index is 0. The Kier molecular flexibility index (Phi) is 9.46. The molecule has 2 heterocycles. The number of benzene rings is 1. The van der Waals surface area contributed by atoms with Gasteiger partial charge < -0.3 is 15.2 Å². The Morgan fingerprint density at radius 2 is 1.75 bits per heavy atom. The van der Waals surface area contributed by atoms with Crippen LogP contribution in [0.15, 0.2) is 12.1 Å². The Morgan fingerprint density at radius 3 is 2.38 bits per heavy atom. The first-order chi connectivity index (χ1) is 10.7. The van der Waals surface area contributed by atoms with Gasteiger partial charge in [-0.25, -0.2) is 0 Å². The number of ether oxygens (including phenoxy) is 1. The zero-order valence-corrected chi connectivity index (χ0v) is 16.5. The van der Waals surface area contributed by atoms with Crippen LogP contribution in [0.4, 0.5) is 0 Å². The summed E-state index contributed by atoms with van der Waals surface area (Å²) in [6.07, 6.45) is 2.02. The Morgan fingerprint density at radius 1 is 1.12 bits per heavy atom. The lowest BCUT2D eigenvalue weighted by atomic mass is 9.85. The molecule has 1 aromatic carbocycles. The topological polar surface area (TPSA) is 44.7 Å². The van der Waals surface area contributed by atoms with E-state index in [4.69, 9.17) is 27.9 Å². The van der Waals surface area contributed by atoms with E-state index >= 15 is 0 Å². The first kappa shape index (κ1) is 22.1. The SMILES string of the molecule is Cl.Cl.Oc1c([C@@H](C2CCOCC2)N2CCNCC2)ccc(Cl)c1Cl. The number of nitrogens with zero attached hydrogens (tertiary/aromatic N) is 1. The minimum atomic E-state index is 0. The van der Waals surface area contributed by atoms with Crippen molar-refractivity contribution in [2.45, 2.75) is 18.9 Å². The summed E-state index contributed by atoms with van der Waals surface area (Å²) < 4.78 is 5.51. The summed E-state index contributed by atoms with van der Waals surface area (Å²) >= 11 is 12.2. The Bertz CT molecular complexity index is 503. The molecule has 0 saturated carbocycles. The zero-order chi connectivity index (χ0) is 15.5. The number of nitrogens with one attached hydrogen (secondary N) is 1. The molecule has 4 nitrogen and oxygen atoms in total. The highest BCUT2D eigenvalue weighted by molar-refractivity contribution is 6.43. The summed E-state index contributed by atoms with van der Waals surface area (Å²) in [5.41, 5.74) is 0.892. The molecule has 2 aliphatic heterocycles. The van der Waals surface area contributed by atoms with Crippen LogP contribution < -0.4 is 5.32 Å².